The molecule has 2 amide bonds. The monoisotopic (exact) mass is 293 g/mol. The SMILES string of the molecule is CC(=O)N[C@@H](CCCNC(=O)CP(=O)([O-])[O-])C(=O)[O-]. The second-order valence-corrected chi connectivity index (χ2v) is 5.37. The molecule has 1 atom stereocenters. The van der Waals surface area contributed by atoms with Crippen LogP contribution in [0.25, 0.3) is 0 Å². The molecule has 0 aromatic rings. The standard InChI is InChI=1S/C9H17N2O7P/c1-6(12)11-7(9(14)15)3-2-4-10-8(13)5-19(16,17)18/h7H,2-5H2,1H3,(H,10,13)(H,11,12)(H,14,15)(H2,16,17,18)/p-3/t7-/m0/s1. The molecule has 2 N–H and O–H groups in total. The van der Waals surface area contributed by atoms with Crippen molar-refractivity contribution in [2.24, 2.45) is 0 Å². The second kappa shape index (κ2) is 7.88. The molecule has 0 heterocycles. The molecule has 0 rings (SSSR count). The Kier molecular flexibility index (Phi) is 7.28. The highest BCUT2D eigenvalue weighted by molar-refractivity contribution is 7.49. The predicted octanol–water partition coefficient (Wildman–Crippen LogP) is -3.95. The molecule has 10 heteroatoms. The number of aliphatic carboxylic acids is 1. The molecule has 0 aliphatic rings. The molecule has 0 saturated heterocycles. The fourth-order valence-corrected chi connectivity index (χ4v) is 1.72. The minimum Gasteiger partial charge on any atom is -0.810 e. The first-order chi connectivity index (χ1) is 8.61. The number of hydrogen-bond donors (Lipinski definition) is 2. The summed E-state index contributed by atoms with van der Waals surface area (Å²) in [6.07, 6.45) is -0.954. The number of carboxylic acid groups (broad SMARTS) is 1. The van der Waals surface area contributed by atoms with Crippen molar-refractivity contribution in [3.63, 3.8) is 0 Å². The Bertz CT molecular complexity index is 392. The molecule has 0 saturated carbocycles. The van der Waals surface area contributed by atoms with Crippen LogP contribution in [0.4, 0.5) is 0 Å². The Hall–Kier alpha value is -1.44. The van der Waals surface area contributed by atoms with Gasteiger partial charge in [-0.2, -0.15) is 0 Å². The van der Waals surface area contributed by atoms with E-state index in [1.807, 2.05) is 0 Å². The number of nitrogens with one attached hydrogen (secondary N) is 2. The van der Waals surface area contributed by atoms with Gasteiger partial charge in [0.25, 0.3) is 0 Å². The van der Waals surface area contributed by atoms with Gasteiger partial charge >= 0.3 is 0 Å². The predicted molar refractivity (Wildman–Crippen MR) is 57.3 cm³/mol. The fraction of sp³-hybridized carbons (Fsp3) is 0.667. The number of amides is 2. The van der Waals surface area contributed by atoms with Crippen molar-refractivity contribution < 1.29 is 33.8 Å². The van der Waals surface area contributed by atoms with Crippen molar-refractivity contribution in [2.75, 3.05) is 12.7 Å². The van der Waals surface area contributed by atoms with E-state index in [0.717, 1.165) is 6.92 Å². The van der Waals surface area contributed by atoms with E-state index in [4.69, 9.17) is 0 Å². The zero-order valence-electron chi connectivity index (χ0n) is 10.2. The van der Waals surface area contributed by atoms with Crippen LogP contribution >= 0.6 is 7.60 Å². The van der Waals surface area contributed by atoms with Gasteiger partial charge in [-0.3, -0.25) is 9.59 Å². The summed E-state index contributed by atoms with van der Waals surface area (Å²) in [4.78, 5) is 52.8. The maximum Gasteiger partial charge on any atom is 0.225 e. The Balaban J connectivity index is 3.95. The zero-order chi connectivity index (χ0) is 15.1. The first-order valence-corrected chi connectivity index (χ1v) is 7.10. The lowest BCUT2D eigenvalue weighted by molar-refractivity contribution is -0.313. The average Bonchev–Trinajstić information content (AvgIpc) is 2.19. The van der Waals surface area contributed by atoms with Crippen LogP contribution in [0.3, 0.4) is 0 Å². The number of carbonyl (C=O) groups excluding carboxylic acids is 3. The highest BCUT2D eigenvalue weighted by atomic mass is 31.2. The van der Waals surface area contributed by atoms with Crippen LogP contribution in [-0.4, -0.2) is 36.5 Å². The molecule has 0 fully saturated rings. The minimum absolute atomic E-state index is 0.00854. The van der Waals surface area contributed by atoms with Crippen LogP contribution in [0.5, 0.6) is 0 Å². The molecule has 0 bridgehead atoms. The van der Waals surface area contributed by atoms with Gasteiger partial charge < -0.3 is 34.9 Å². The first kappa shape index (κ1) is 17.6. The van der Waals surface area contributed by atoms with Crippen molar-refractivity contribution in [1.82, 2.24) is 10.6 Å². The summed E-state index contributed by atoms with van der Waals surface area (Å²) in [6.45, 7) is 1.14. The Morgan fingerprint density at radius 2 is 1.84 bits per heavy atom. The van der Waals surface area contributed by atoms with Crippen molar-refractivity contribution in [3.8, 4) is 0 Å². The summed E-state index contributed by atoms with van der Waals surface area (Å²) in [5.74, 6) is -2.93. The molecule has 110 valence electrons. The molecule has 0 aliphatic heterocycles. The van der Waals surface area contributed by atoms with Gasteiger partial charge in [0.05, 0.1) is 18.2 Å². The van der Waals surface area contributed by atoms with Gasteiger partial charge in [0, 0.05) is 13.5 Å². The third-order valence-electron chi connectivity index (χ3n) is 1.99. The molecular formula is C9H14N2O7P-3. The van der Waals surface area contributed by atoms with E-state index in [-0.39, 0.29) is 19.4 Å². The summed E-state index contributed by atoms with van der Waals surface area (Å²) in [7, 11) is -4.90. The van der Waals surface area contributed by atoms with E-state index in [2.05, 4.69) is 10.6 Å². The summed E-state index contributed by atoms with van der Waals surface area (Å²) >= 11 is 0. The summed E-state index contributed by atoms with van der Waals surface area (Å²) in [6, 6.07) is -1.18. The maximum absolute atomic E-state index is 10.9. The van der Waals surface area contributed by atoms with Gasteiger partial charge in [0.2, 0.25) is 11.8 Å². The molecule has 9 nitrogen and oxygen atoms in total. The van der Waals surface area contributed by atoms with Crippen LogP contribution in [0.2, 0.25) is 0 Å². The average molecular weight is 293 g/mol. The number of carbonyl (C=O) groups is 3. The molecule has 0 radical (unpaired) electrons. The number of carboxylic acids is 1. The van der Waals surface area contributed by atoms with Gasteiger partial charge in [-0.05, 0) is 12.8 Å². The quantitative estimate of drug-likeness (QED) is 0.341. The summed E-state index contributed by atoms with van der Waals surface area (Å²) in [5, 5.41) is 14.9. The molecule has 0 aromatic heterocycles. The highest BCUT2D eigenvalue weighted by Crippen LogP contribution is 2.21. The third-order valence-corrected chi connectivity index (χ3v) is 2.67. The normalized spacial score (nSPS) is 12.6. The molecule has 0 aliphatic carbocycles. The van der Waals surface area contributed by atoms with Crippen LogP contribution < -0.4 is 25.5 Å². The Morgan fingerprint density at radius 1 is 1.26 bits per heavy atom. The van der Waals surface area contributed by atoms with E-state index >= 15 is 0 Å². The fourth-order valence-electron chi connectivity index (χ4n) is 1.26. The molecule has 0 aromatic carbocycles. The number of rotatable bonds is 8. The van der Waals surface area contributed by atoms with E-state index < -0.39 is 37.6 Å². The van der Waals surface area contributed by atoms with E-state index in [0.29, 0.717) is 0 Å². The van der Waals surface area contributed by atoms with Crippen LogP contribution in [0.15, 0.2) is 0 Å². The van der Waals surface area contributed by atoms with Crippen LogP contribution in [-0.2, 0) is 18.9 Å². The third kappa shape index (κ3) is 10.2. The van der Waals surface area contributed by atoms with Gasteiger partial charge in [-0.15, -0.1) is 0 Å². The molecule has 0 unspecified atom stereocenters. The zero-order valence-corrected chi connectivity index (χ0v) is 11.1. The summed E-state index contributed by atoms with van der Waals surface area (Å²) in [5.41, 5.74) is 0. The Morgan fingerprint density at radius 3 is 2.26 bits per heavy atom. The smallest absolute Gasteiger partial charge is 0.225 e. The topological polar surface area (TPSA) is 162 Å². The molecular weight excluding hydrogens is 279 g/mol. The lowest BCUT2D eigenvalue weighted by atomic mass is 10.1. The van der Waals surface area contributed by atoms with Crippen molar-refractivity contribution in [1.29, 1.82) is 0 Å². The van der Waals surface area contributed by atoms with E-state index in [9.17, 15) is 33.8 Å². The van der Waals surface area contributed by atoms with Crippen molar-refractivity contribution in [3.05, 3.63) is 0 Å². The van der Waals surface area contributed by atoms with Crippen molar-refractivity contribution >= 4 is 25.4 Å². The van der Waals surface area contributed by atoms with Gasteiger partial charge in [0.15, 0.2) is 0 Å². The second-order valence-electron chi connectivity index (χ2n) is 3.83. The van der Waals surface area contributed by atoms with Gasteiger partial charge in [-0.25, -0.2) is 0 Å². The van der Waals surface area contributed by atoms with Crippen molar-refractivity contribution in [2.45, 2.75) is 25.8 Å². The first-order valence-electron chi connectivity index (χ1n) is 5.37. The largest absolute Gasteiger partial charge is 0.810 e. The number of hydrogen-bond acceptors (Lipinski definition) is 7. The van der Waals surface area contributed by atoms with E-state index in [1.165, 1.54) is 0 Å². The van der Waals surface area contributed by atoms with Crippen LogP contribution in [0, 0.1) is 0 Å². The lowest BCUT2D eigenvalue weighted by Gasteiger charge is -2.28. The lowest BCUT2D eigenvalue weighted by Crippen LogP contribution is -2.47. The van der Waals surface area contributed by atoms with E-state index in [1.54, 1.807) is 0 Å². The Labute approximate surface area is 109 Å². The highest BCUT2D eigenvalue weighted by Gasteiger charge is 2.11. The van der Waals surface area contributed by atoms with Gasteiger partial charge in [-0.1, -0.05) is 7.60 Å². The molecule has 19 heavy (non-hydrogen) atoms. The maximum atomic E-state index is 10.9. The minimum atomic E-state index is -4.90. The van der Waals surface area contributed by atoms with Gasteiger partial charge in [0.1, 0.15) is 0 Å². The van der Waals surface area contributed by atoms with Crippen LogP contribution in [0.1, 0.15) is 19.8 Å². The summed E-state index contributed by atoms with van der Waals surface area (Å²) < 4.78 is 10.3. The molecule has 0 spiro atoms.